The van der Waals surface area contributed by atoms with Crippen molar-refractivity contribution in [3.63, 3.8) is 0 Å². The van der Waals surface area contributed by atoms with Gasteiger partial charge in [0.2, 0.25) is 5.78 Å². The maximum absolute atomic E-state index is 13.2. The molecule has 152 valence electrons. The van der Waals surface area contributed by atoms with Crippen LogP contribution in [0.5, 0.6) is 0 Å². The second kappa shape index (κ2) is 7.41. The standard InChI is InChI=1S/C20H29N5O3/c1-7-8-9-10-11-23-12(2)13(3)24-16-17(21-19(23)24)22(6)20(28)25(18(16)27)14(4)15(5)26/h14H,7-11H2,1-6H3/t14-/m0/s1. The van der Waals surface area contributed by atoms with E-state index in [1.165, 1.54) is 24.3 Å². The molecule has 3 aromatic rings. The van der Waals surface area contributed by atoms with Gasteiger partial charge in [-0.25, -0.2) is 9.36 Å². The first-order valence-corrected chi connectivity index (χ1v) is 9.92. The maximum Gasteiger partial charge on any atom is 0.333 e. The molecule has 0 N–H and O–H groups in total. The minimum absolute atomic E-state index is 0.235. The first kappa shape index (κ1) is 20.1. The Morgan fingerprint density at radius 2 is 1.79 bits per heavy atom. The van der Waals surface area contributed by atoms with E-state index in [9.17, 15) is 14.4 Å². The largest absolute Gasteiger partial charge is 0.333 e. The molecule has 3 aromatic heterocycles. The lowest BCUT2D eigenvalue weighted by atomic mass is 10.2. The Labute approximate surface area is 163 Å². The number of Topliss-reactive ketones (excluding diaryl/α,β-unsaturated/α-hetero) is 1. The third-order valence-corrected chi connectivity index (χ3v) is 5.79. The normalized spacial score (nSPS) is 12.9. The monoisotopic (exact) mass is 387 g/mol. The number of aryl methyl sites for hydroxylation is 3. The van der Waals surface area contributed by atoms with E-state index in [4.69, 9.17) is 0 Å². The molecule has 0 saturated heterocycles. The number of ketones is 1. The Hall–Kier alpha value is -2.64. The van der Waals surface area contributed by atoms with Crippen LogP contribution in [0.1, 0.15) is 63.9 Å². The van der Waals surface area contributed by atoms with Crippen molar-refractivity contribution in [2.75, 3.05) is 0 Å². The van der Waals surface area contributed by atoms with Crippen LogP contribution in [0.2, 0.25) is 0 Å². The molecule has 0 fully saturated rings. The molecule has 8 heteroatoms. The van der Waals surface area contributed by atoms with Gasteiger partial charge in [-0.2, -0.15) is 4.98 Å². The van der Waals surface area contributed by atoms with Crippen molar-refractivity contribution < 1.29 is 4.79 Å². The predicted octanol–water partition coefficient (Wildman–Crippen LogP) is 2.50. The van der Waals surface area contributed by atoms with Crippen molar-refractivity contribution in [2.45, 2.75) is 72.9 Å². The van der Waals surface area contributed by atoms with E-state index in [1.54, 1.807) is 14.0 Å². The highest BCUT2D eigenvalue weighted by atomic mass is 16.2. The summed E-state index contributed by atoms with van der Waals surface area (Å²) in [5, 5.41) is 0. The van der Waals surface area contributed by atoms with Gasteiger partial charge in [0, 0.05) is 25.0 Å². The summed E-state index contributed by atoms with van der Waals surface area (Å²) >= 11 is 0. The summed E-state index contributed by atoms with van der Waals surface area (Å²) in [6, 6.07) is -0.821. The highest BCUT2D eigenvalue weighted by Gasteiger charge is 2.25. The molecule has 0 bridgehead atoms. The van der Waals surface area contributed by atoms with E-state index in [0.29, 0.717) is 16.9 Å². The number of nitrogens with zero attached hydrogens (tertiary/aromatic N) is 5. The zero-order chi connectivity index (χ0) is 20.7. The van der Waals surface area contributed by atoms with E-state index in [0.717, 1.165) is 35.3 Å². The van der Waals surface area contributed by atoms with Crippen molar-refractivity contribution in [2.24, 2.45) is 7.05 Å². The average Bonchev–Trinajstić information content (AvgIpc) is 3.14. The Bertz CT molecular complexity index is 1180. The van der Waals surface area contributed by atoms with Gasteiger partial charge in [0.1, 0.15) is 0 Å². The second-order valence-corrected chi connectivity index (χ2v) is 7.61. The fourth-order valence-electron chi connectivity index (χ4n) is 3.77. The number of aromatic nitrogens is 5. The number of hydrogen-bond acceptors (Lipinski definition) is 4. The summed E-state index contributed by atoms with van der Waals surface area (Å²) in [5.41, 5.74) is 1.68. The molecule has 8 nitrogen and oxygen atoms in total. The van der Waals surface area contributed by atoms with Crippen LogP contribution in [-0.2, 0) is 18.4 Å². The van der Waals surface area contributed by atoms with Crippen LogP contribution in [-0.4, -0.2) is 28.9 Å². The molecule has 0 aliphatic carbocycles. The molecule has 0 spiro atoms. The zero-order valence-corrected chi connectivity index (χ0v) is 17.6. The molecule has 0 aliphatic rings. The van der Waals surface area contributed by atoms with Gasteiger partial charge < -0.3 is 4.57 Å². The molecular weight excluding hydrogens is 358 g/mol. The van der Waals surface area contributed by atoms with Crippen LogP contribution in [0.25, 0.3) is 16.9 Å². The van der Waals surface area contributed by atoms with Crippen molar-refractivity contribution in [1.82, 2.24) is 23.1 Å². The third-order valence-electron chi connectivity index (χ3n) is 5.79. The van der Waals surface area contributed by atoms with Gasteiger partial charge in [0.05, 0.1) is 6.04 Å². The third kappa shape index (κ3) is 2.91. The maximum atomic E-state index is 13.2. The SMILES string of the molecule is CCCCCCn1c(C)c(C)n2c3c(=O)n([C@@H](C)C(C)=O)c(=O)n(C)c3nc12. The van der Waals surface area contributed by atoms with Crippen LogP contribution in [0.3, 0.4) is 0 Å². The molecule has 0 aromatic carbocycles. The van der Waals surface area contributed by atoms with E-state index in [2.05, 4.69) is 16.5 Å². The fraction of sp³-hybridized carbons (Fsp3) is 0.600. The molecule has 0 amide bonds. The van der Waals surface area contributed by atoms with Gasteiger partial charge in [0.15, 0.2) is 16.9 Å². The molecular formula is C20H29N5O3. The minimum Gasteiger partial charge on any atom is -0.314 e. The number of carbonyl (C=O) groups is 1. The Morgan fingerprint density at radius 3 is 2.39 bits per heavy atom. The first-order valence-electron chi connectivity index (χ1n) is 9.92. The first-order chi connectivity index (χ1) is 13.2. The number of fused-ring (bicyclic) bond motifs is 3. The molecule has 1 atom stereocenters. The molecule has 0 aliphatic heterocycles. The fourth-order valence-corrected chi connectivity index (χ4v) is 3.77. The Kier molecular flexibility index (Phi) is 5.32. The van der Waals surface area contributed by atoms with Crippen molar-refractivity contribution in [3.05, 3.63) is 32.2 Å². The molecule has 0 saturated carbocycles. The summed E-state index contributed by atoms with van der Waals surface area (Å²) < 4.78 is 6.34. The van der Waals surface area contributed by atoms with Gasteiger partial charge in [-0.3, -0.25) is 18.6 Å². The van der Waals surface area contributed by atoms with Gasteiger partial charge in [-0.1, -0.05) is 26.2 Å². The number of carbonyl (C=O) groups excluding carboxylic acids is 1. The molecule has 0 radical (unpaired) electrons. The smallest absolute Gasteiger partial charge is 0.314 e. The van der Waals surface area contributed by atoms with E-state index >= 15 is 0 Å². The molecule has 3 rings (SSSR count). The van der Waals surface area contributed by atoms with Crippen LogP contribution >= 0.6 is 0 Å². The van der Waals surface area contributed by atoms with Crippen molar-refractivity contribution in [1.29, 1.82) is 0 Å². The van der Waals surface area contributed by atoms with E-state index in [-0.39, 0.29) is 5.78 Å². The average molecular weight is 387 g/mol. The van der Waals surface area contributed by atoms with Gasteiger partial charge in [-0.05, 0) is 34.1 Å². The predicted molar refractivity (Wildman–Crippen MR) is 109 cm³/mol. The molecule has 0 unspecified atom stereocenters. The summed E-state index contributed by atoms with van der Waals surface area (Å²) in [6.07, 6.45) is 4.53. The van der Waals surface area contributed by atoms with Crippen molar-refractivity contribution in [3.8, 4) is 0 Å². The Balaban J connectivity index is 2.32. The second-order valence-electron chi connectivity index (χ2n) is 7.61. The highest BCUT2D eigenvalue weighted by Crippen LogP contribution is 2.21. The van der Waals surface area contributed by atoms with Gasteiger partial charge >= 0.3 is 5.69 Å². The van der Waals surface area contributed by atoms with Crippen LogP contribution in [0, 0.1) is 13.8 Å². The topological polar surface area (TPSA) is 83.3 Å². The van der Waals surface area contributed by atoms with Gasteiger partial charge in [-0.15, -0.1) is 0 Å². The Morgan fingerprint density at radius 1 is 1.11 bits per heavy atom. The number of unbranched alkanes of at least 4 members (excludes halogenated alkanes) is 3. The van der Waals surface area contributed by atoms with Crippen LogP contribution in [0.15, 0.2) is 9.59 Å². The number of hydrogen-bond donors (Lipinski definition) is 0. The summed E-state index contributed by atoms with van der Waals surface area (Å²) in [6.45, 7) is 9.93. The zero-order valence-electron chi connectivity index (χ0n) is 17.6. The molecule has 28 heavy (non-hydrogen) atoms. The highest BCUT2D eigenvalue weighted by molar-refractivity contribution is 5.81. The van der Waals surface area contributed by atoms with Crippen LogP contribution in [0.4, 0.5) is 0 Å². The lowest BCUT2D eigenvalue weighted by Gasteiger charge is -2.12. The summed E-state index contributed by atoms with van der Waals surface area (Å²) in [5.74, 6) is 0.433. The van der Waals surface area contributed by atoms with E-state index in [1.807, 2.05) is 18.2 Å². The van der Waals surface area contributed by atoms with Gasteiger partial charge in [0.25, 0.3) is 5.56 Å². The number of rotatable bonds is 7. The van der Waals surface area contributed by atoms with Crippen molar-refractivity contribution >= 4 is 22.7 Å². The quantitative estimate of drug-likeness (QED) is 0.583. The molecule has 3 heterocycles. The lowest BCUT2D eigenvalue weighted by Crippen LogP contribution is -2.42. The summed E-state index contributed by atoms with van der Waals surface area (Å²) in [4.78, 5) is 42.5. The summed E-state index contributed by atoms with van der Waals surface area (Å²) in [7, 11) is 1.59. The lowest BCUT2D eigenvalue weighted by molar-refractivity contribution is -0.119. The van der Waals surface area contributed by atoms with E-state index < -0.39 is 17.3 Å². The minimum atomic E-state index is -0.821. The number of imidazole rings is 2. The van der Waals surface area contributed by atoms with Crippen LogP contribution < -0.4 is 11.2 Å².